The summed E-state index contributed by atoms with van der Waals surface area (Å²) in [6, 6.07) is 10.1. The molecular weight excluding hydrogens is 221 g/mol. The van der Waals surface area contributed by atoms with E-state index in [4.69, 9.17) is 16.7 Å². The Balaban J connectivity index is 0.00000169. The highest BCUT2D eigenvalue weighted by atomic mass is 35.5. The molecule has 2 N–H and O–H groups in total. The van der Waals surface area contributed by atoms with E-state index in [0.29, 0.717) is 6.54 Å². The zero-order chi connectivity index (χ0) is 9.52. The minimum absolute atomic E-state index is 0. The van der Waals surface area contributed by atoms with Crippen molar-refractivity contribution in [2.75, 3.05) is 12.4 Å². The molecule has 0 saturated heterocycles. The van der Waals surface area contributed by atoms with Crippen molar-refractivity contribution >= 4 is 24.0 Å². The molecule has 0 amide bonds. The monoisotopic (exact) mass is 235 g/mol. The molecule has 0 aliphatic carbocycles. The van der Waals surface area contributed by atoms with Gasteiger partial charge in [-0.25, -0.2) is 0 Å². The number of benzene rings is 1. The fourth-order valence-electron chi connectivity index (χ4n) is 1.03. The maximum absolute atomic E-state index is 9.14. The van der Waals surface area contributed by atoms with Crippen LogP contribution in [0.3, 0.4) is 0 Å². The highest BCUT2D eigenvalue weighted by molar-refractivity contribution is 6.18. The fraction of sp³-hybridized carbons (Fsp3) is 0.400. The molecule has 0 aromatic heterocycles. The average molecular weight is 236 g/mol. The zero-order valence-electron chi connectivity index (χ0n) is 7.82. The molecule has 0 spiro atoms. The maximum Gasteiger partial charge on any atom is 0.0799 e. The summed E-state index contributed by atoms with van der Waals surface area (Å²) in [6.07, 6.45) is -0.453. The second-order valence-electron chi connectivity index (χ2n) is 2.92. The summed E-state index contributed by atoms with van der Waals surface area (Å²) < 4.78 is 0. The van der Waals surface area contributed by atoms with Gasteiger partial charge < -0.3 is 10.4 Å². The smallest absolute Gasteiger partial charge is 0.0799 e. The number of rotatable bonds is 5. The summed E-state index contributed by atoms with van der Waals surface area (Å²) in [6.45, 7) is 1.31. The van der Waals surface area contributed by atoms with Crippen LogP contribution in [0.25, 0.3) is 0 Å². The van der Waals surface area contributed by atoms with Gasteiger partial charge in [-0.2, -0.15) is 0 Å². The van der Waals surface area contributed by atoms with Gasteiger partial charge >= 0.3 is 0 Å². The number of aliphatic hydroxyl groups is 1. The molecule has 0 radical (unpaired) electrons. The van der Waals surface area contributed by atoms with Gasteiger partial charge in [0.25, 0.3) is 0 Å². The number of alkyl halides is 1. The zero-order valence-corrected chi connectivity index (χ0v) is 9.39. The first kappa shape index (κ1) is 13.7. The van der Waals surface area contributed by atoms with E-state index in [1.807, 2.05) is 30.3 Å². The predicted molar refractivity (Wildman–Crippen MR) is 62.1 cm³/mol. The Morgan fingerprint density at radius 3 is 2.50 bits per heavy atom. The van der Waals surface area contributed by atoms with E-state index in [-0.39, 0.29) is 18.3 Å². The summed E-state index contributed by atoms with van der Waals surface area (Å²) in [5.74, 6) is 0.280. The van der Waals surface area contributed by atoms with Gasteiger partial charge in [0.1, 0.15) is 0 Å². The normalized spacial score (nSPS) is 11.9. The van der Waals surface area contributed by atoms with Crippen molar-refractivity contribution in [3.63, 3.8) is 0 Å². The van der Waals surface area contributed by atoms with Crippen LogP contribution in [0.2, 0.25) is 0 Å². The highest BCUT2D eigenvalue weighted by Crippen LogP contribution is 1.97. The lowest BCUT2D eigenvalue weighted by Gasteiger charge is -2.08. The highest BCUT2D eigenvalue weighted by Gasteiger charge is 1.99. The molecule has 0 saturated carbocycles. The largest absolute Gasteiger partial charge is 0.391 e. The van der Waals surface area contributed by atoms with Crippen LogP contribution < -0.4 is 5.32 Å². The number of nitrogens with one attached hydrogen (secondary N) is 1. The van der Waals surface area contributed by atoms with Crippen LogP contribution in [0.5, 0.6) is 0 Å². The number of hydrogen-bond donors (Lipinski definition) is 2. The lowest BCUT2D eigenvalue weighted by Crippen LogP contribution is -2.27. The number of aliphatic hydroxyl groups excluding tert-OH is 1. The van der Waals surface area contributed by atoms with Crippen molar-refractivity contribution in [2.24, 2.45) is 0 Å². The van der Waals surface area contributed by atoms with Crippen molar-refractivity contribution in [1.82, 2.24) is 5.32 Å². The standard InChI is InChI=1S/C10H14ClNO.ClH/c11-6-10(13)8-12-7-9-4-2-1-3-5-9;/h1-5,10,12-13H,6-8H2;1H. The van der Waals surface area contributed by atoms with Gasteiger partial charge in [0.2, 0.25) is 0 Å². The molecule has 4 heteroatoms. The second-order valence-corrected chi connectivity index (χ2v) is 3.23. The van der Waals surface area contributed by atoms with Crippen LogP contribution in [0.4, 0.5) is 0 Å². The van der Waals surface area contributed by atoms with Crippen LogP contribution in [0.1, 0.15) is 5.56 Å². The molecule has 0 heterocycles. The van der Waals surface area contributed by atoms with E-state index in [1.165, 1.54) is 5.56 Å². The van der Waals surface area contributed by atoms with Crippen LogP contribution in [0, 0.1) is 0 Å². The van der Waals surface area contributed by atoms with Crippen molar-refractivity contribution < 1.29 is 5.11 Å². The first-order valence-corrected chi connectivity index (χ1v) is 4.85. The molecule has 1 atom stereocenters. The summed E-state index contributed by atoms with van der Waals surface area (Å²) in [7, 11) is 0. The molecule has 0 aliphatic heterocycles. The molecule has 1 aromatic rings. The molecule has 0 bridgehead atoms. The number of halogens is 2. The molecule has 0 aliphatic rings. The molecule has 2 nitrogen and oxygen atoms in total. The van der Waals surface area contributed by atoms with E-state index in [2.05, 4.69) is 5.32 Å². The maximum atomic E-state index is 9.14. The van der Waals surface area contributed by atoms with Gasteiger partial charge in [-0.1, -0.05) is 30.3 Å². The Morgan fingerprint density at radius 2 is 1.93 bits per heavy atom. The van der Waals surface area contributed by atoms with Crippen molar-refractivity contribution in [3.05, 3.63) is 35.9 Å². The Labute approximate surface area is 95.7 Å². The molecule has 14 heavy (non-hydrogen) atoms. The van der Waals surface area contributed by atoms with Gasteiger partial charge in [-0.3, -0.25) is 0 Å². The summed E-state index contributed by atoms with van der Waals surface area (Å²) >= 11 is 5.44. The lowest BCUT2D eigenvalue weighted by molar-refractivity contribution is 0.194. The van der Waals surface area contributed by atoms with Gasteiger partial charge in [-0.15, -0.1) is 24.0 Å². The van der Waals surface area contributed by atoms with Gasteiger partial charge in [0.05, 0.1) is 6.10 Å². The first-order chi connectivity index (χ1) is 6.33. The summed E-state index contributed by atoms with van der Waals surface area (Å²) in [4.78, 5) is 0. The van der Waals surface area contributed by atoms with Gasteiger partial charge in [0.15, 0.2) is 0 Å². The van der Waals surface area contributed by atoms with Gasteiger partial charge in [0, 0.05) is 19.0 Å². The topological polar surface area (TPSA) is 32.3 Å². The van der Waals surface area contributed by atoms with E-state index in [1.54, 1.807) is 0 Å². The molecular formula is C10H15Cl2NO. The fourth-order valence-corrected chi connectivity index (χ4v) is 1.14. The van der Waals surface area contributed by atoms with E-state index in [0.717, 1.165) is 6.54 Å². The first-order valence-electron chi connectivity index (χ1n) is 4.31. The quantitative estimate of drug-likeness (QED) is 0.764. The van der Waals surface area contributed by atoms with E-state index >= 15 is 0 Å². The minimum Gasteiger partial charge on any atom is -0.391 e. The third-order valence-corrected chi connectivity index (χ3v) is 2.09. The van der Waals surface area contributed by atoms with E-state index in [9.17, 15) is 0 Å². The number of hydrogen-bond acceptors (Lipinski definition) is 2. The van der Waals surface area contributed by atoms with Crippen LogP contribution >= 0.6 is 24.0 Å². The van der Waals surface area contributed by atoms with Gasteiger partial charge in [-0.05, 0) is 5.56 Å². The van der Waals surface area contributed by atoms with Crippen molar-refractivity contribution in [2.45, 2.75) is 12.6 Å². The summed E-state index contributed by atoms with van der Waals surface area (Å²) in [5, 5.41) is 12.3. The van der Waals surface area contributed by atoms with E-state index < -0.39 is 6.10 Å². The Hall–Kier alpha value is -0.280. The van der Waals surface area contributed by atoms with Crippen molar-refractivity contribution in [3.8, 4) is 0 Å². The van der Waals surface area contributed by atoms with Crippen molar-refractivity contribution in [1.29, 1.82) is 0 Å². The molecule has 1 aromatic carbocycles. The lowest BCUT2D eigenvalue weighted by atomic mass is 10.2. The second kappa shape index (κ2) is 8.06. The Bertz CT molecular complexity index is 231. The minimum atomic E-state index is -0.453. The summed E-state index contributed by atoms with van der Waals surface area (Å²) in [5.41, 5.74) is 1.21. The molecule has 1 rings (SSSR count). The van der Waals surface area contributed by atoms with Crippen LogP contribution in [0.15, 0.2) is 30.3 Å². The third kappa shape index (κ3) is 5.45. The SMILES string of the molecule is Cl.OC(CCl)CNCc1ccccc1. The molecule has 80 valence electrons. The van der Waals surface area contributed by atoms with Crippen LogP contribution in [-0.2, 0) is 6.54 Å². The van der Waals surface area contributed by atoms with Crippen LogP contribution in [-0.4, -0.2) is 23.6 Å². The third-order valence-electron chi connectivity index (χ3n) is 1.73. The molecule has 1 unspecified atom stereocenters. The molecule has 0 fully saturated rings. The Kier molecular flexibility index (Phi) is 7.90. The Morgan fingerprint density at radius 1 is 1.29 bits per heavy atom. The average Bonchev–Trinajstić information content (AvgIpc) is 2.19. The predicted octanol–water partition coefficient (Wildman–Crippen LogP) is 1.80.